The number of nitro groups is 1. The van der Waals surface area contributed by atoms with Crippen molar-refractivity contribution in [3.63, 3.8) is 0 Å². The van der Waals surface area contributed by atoms with Gasteiger partial charge in [-0.3, -0.25) is 10.1 Å². The first kappa shape index (κ1) is 13.3. The van der Waals surface area contributed by atoms with E-state index in [9.17, 15) is 10.1 Å². The fraction of sp³-hybridized carbons (Fsp3) is 0.0833. The standard InChI is InChI=1S/C12H10BrN3O3/c1-7-6-8(13)2-4-10(7)19-12-9(16(17)18)3-5-11(14)15-12/h2-6H,1H3,(H2,14,15). The Morgan fingerprint density at radius 2 is 2.11 bits per heavy atom. The minimum absolute atomic E-state index is 0.115. The number of anilines is 1. The minimum atomic E-state index is -0.560. The molecule has 0 bridgehead atoms. The maximum Gasteiger partial charge on any atom is 0.331 e. The van der Waals surface area contributed by atoms with Gasteiger partial charge >= 0.3 is 11.6 Å². The maximum absolute atomic E-state index is 10.9. The van der Waals surface area contributed by atoms with Gasteiger partial charge in [-0.05, 0) is 36.8 Å². The highest BCUT2D eigenvalue weighted by Crippen LogP contribution is 2.32. The summed E-state index contributed by atoms with van der Waals surface area (Å²) in [6.45, 7) is 1.83. The molecule has 19 heavy (non-hydrogen) atoms. The summed E-state index contributed by atoms with van der Waals surface area (Å²) < 4.78 is 6.38. The summed E-state index contributed by atoms with van der Waals surface area (Å²) in [6.07, 6.45) is 0. The third-order valence-electron chi connectivity index (χ3n) is 2.40. The maximum atomic E-state index is 10.9. The Balaban J connectivity index is 2.42. The van der Waals surface area contributed by atoms with Crippen LogP contribution in [-0.2, 0) is 0 Å². The van der Waals surface area contributed by atoms with Crippen LogP contribution in [0.5, 0.6) is 11.6 Å². The third-order valence-corrected chi connectivity index (χ3v) is 2.90. The van der Waals surface area contributed by atoms with Crippen LogP contribution in [0.3, 0.4) is 0 Å². The van der Waals surface area contributed by atoms with Crippen molar-refractivity contribution in [3.05, 3.63) is 50.5 Å². The molecule has 0 spiro atoms. The van der Waals surface area contributed by atoms with Crippen molar-refractivity contribution in [2.24, 2.45) is 0 Å². The molecule has 0 amide bonds. The van der Waals surface area contributed by atoms with Crippen molar-refractivity contribution in [3.8, 4) is 11.6 Å². The average molecular weight is 324 g/mol. The van der Waals surface area contributed by atoms with Crippen LogP contribution in [-0.4, -0.2) is 9.91 Å². The molecule has 98 valence electrons. The number of nitrogens with two attached hydrogens (primary N) is 1. The molecule has 0 radical (unpaired) electrons. The Morgan fingerprint density at radius 3 is 2.74 bits per heavy atom. The van der Waals surface area contributed by atoms with Gasteiger partial charge in [0.25, 0.3) is 0 Å². The van der Waals surface area contributed by atoms with E-state index in [1.54, 1.807) is 12.1 Å². The van der Waals surface area contributed by atoms with E-state index < -0.39 is 4.92 Å². The molecule has 0 unspecified atom stereocenters. The highest BCUT2D eigenvalue weighted by molar-refractivity contribution is 9.10. The van der Waals surface area contributed by atoms with Gasteiger partial charge in [-0.2, -0.15) is 4.98 Å². The lowest BCUT2D eigenvalue weighted by Crippen LogP contribution is -1.99. The number of benzene rings is 1. The Kier molecular flexibility index (Phi) is 3.66. The molecule has 0 aliphatic rings. The number of hydrogen-bond acceptors (Lipinski definition) is 5. The lowest BCUT2D eigenvalue weighted by molar-refractivity contribution is -0.386. The molecule has 1 heterocycles. The number of hydrogen-bond donors (Lipinski definition) is 1. The molecule has 2 N–H and O–H groups in total. The second-order valence-corrected chi connectivity index (χ2v) is 4.75. The summed E-state index contributed by atoms with van der Waals surface area (Å²) in [5.41, 5.74) is 6.12. The second kappa shape index (κ2) is 5.23. The van der Waals surface area contributed by atoms with Gasteiger partial charge in [0.1, 0.15) is 11.6 Å². The van der Waals surface area contributed by atoms with E-state index >= 15 is 0 Å². The van der Waals surface area contributed by atoms with Crippen molar-refractivity contribution in [2.45, 2.75) is 6.92 Å². The Hall–Kier alpha value is -2.15. The largest absolute Gasteiger partial charge is 0.433 e. The molecular formula is C12H10BrN3O3. The van der Waals surface area contributed by atoms with E-state index in [1.807, 2.05) is 13.0 Å². The summed E-state index contributed by atoms with van der Waals surface area (Å²) >= 11 is 3.33. The highest BCUT2D eigenvalue weighted by Gasteiger charge is 2.18. The van der Waals surface area contributed by atoms with Crippen LogP contribution in [0.2, 0.25) is 0 Å². The minimum Gasteiger partial charge on any atom is -0.433 e. The molecule has 0 saturated heterocycles. The van der Waals surface area contributed by atoms with Crippen molar-refractivity contribution < 1.29 is 9.66 Å². The van der Waals surface area contributed by atoms with Crippen LogP contribution in [0, 0.1) is 17.0 Å². The first-order chi connectivity index (χ1) is 8.97. The lowest BCUT2D eigenvalue weighted by Gasteiger charge is -2.08. The van der Waals surface area contributed by atoms with Crippen molar-refractivity contribution in [1.29, 1.82) is 0 Å². The zero-order valence-corrected chi connectivity index (χ0v) is 11.5. The lowest BCUT2D eigenvalue weighted by atomic mass is 10.2. The monoisotopic (exact) mass is 323 g/mol. The number of aromatic nitrogens is 1. The highest BCUT2D eigenvalue weighted by atomic mass is 79.9. The predicted octanol–water partition coefficient (Wildman–Crippen LogP) is 3.44. The molecule has 0 aliphatic carbocycles. The van der Waals surface area contributed by atoms with Gasteiger partial charge in [0.2, 0.25) is 0 Å². The molecular weight excluding hydrogens is 314 g/mol. The molecule has 1 aromatic heterocycles. The molecule has 0 aliphatic heterocycles. The summed E-state index contributed by atoms with van der Waals surface area (Å²) in [7, 11) is 0. The van der Waals surface area contributed by atoms with Crippen molar-refractivity contribution >= 4 is 27.4 Å². The number of pyridine rings is 1. The molecule has 1 aromatic carbocycles. The van der Waals surface area contributed by atoms with Gasteiger partial charge < -0.3 is 10.5 Å². The SMILES string of the molecule is Cc1cc(Br)ccc1Oc1nc(N)ccc1[N+](=O)[O-]. The van der Waals surface area contributed by atoms with Crippen LogP contribution in [0.4, 0.5) is 11.5 Å². The molecule has 7 heteroatoms. The molecule has 0 saturated carbocycles. The fourth-order valence-corrected chi connectivity index (χ4v) is 1.97. The molecule has 6 nitrogen and oxygen atoms in total. The van der Waals surface area contributed by atoms with Gasteiger partial charge in [-0.25, -0.2) is 0 Å². The van der Waals surface area contributed by atoms with Gasteiger partial charge in [0, 0.05) is 10.5 Å². The van der Waals surface area contributed by atoms with Crippen LogP contribution >= 0.6 is 15.9 Å². The number of nitrogen functional groups attached to an aromatic ring is 1. The van der Waals surface area contributed by atoms with Crippen molar-refractivity contribution in [1.82, 2.24) is 4.98 Å². The van der Waals surface area contributed by atoms with E-state index in [4.69, 9.17) is 10.5 Å². The second-order valence-electron chi connectivity index (χ2n) is 3.83. The first-order valence-electron chi connectivity index (χ1n) is 5.32. The number of rotatable bonds is 3. The third kappa shape index (κ3) is 3.00. The number of aryl methyl sites for hydroxylation is 1. The number of nitrogens with zero attached hydrogens (tertiary/aromatic N) is 2. The summed E-state index contributed by atoms with van der Waals surface area (Å²) in [5.74, 6) is 0.537. The topological polar surface area (TPSA) is 91.3 Å². The average Bonchev–Trinajstić information content (AvgIpc) is 2.32. The smallest absolute Gasteiger partial charge is 0.331 e. The molecule has 2 rings (SSSR count). The quantitative estimate of drug-likeness (QED) is 0.690. The molecule has 0 atom stereocenters. The van der Waals surface area contributed by atoms with Crippen LogP contribution in [0.15, 0.2) is 34.8 Å². The zero-order chi connectivity index (χ0) is 14.0. The van der Waals surface area contributed by atoms with E-state index in [-0.39, 0.29) is 17.4 Å². The summed E-state index contributed by atoms with van der Waals surface area (Å²) in [4.78, 5) is 14.2. The summed E-state index contributed by atoms with van der Waals surface area (Å²) in [6, 6.07) is 7.95. The van der Waals surface area contributed by atoms with E-state index in [0.29, 0.717) is 5.75 Å². The Labute approximate surface area is 117 Å². The van der Waals surface area contributed by atoms with Gasteiger partial charge in [0.05, 0.1) is 4.92 Å². The van der Waals surface area contributed by atoms with Crippen molar-refractivity contribution in [2.75, 3.05) is 5.73 Å². The Bertz CT molecular complexity index is 646. The molecule has 0 fully saturated rings. The zero-order valence-electron chi connectivity index (χ0n) is 9.96. The van der Waals surface area contributed by atoms with E-state index in [0.717, 1.165) is 10.0 Å². The van der Waals surface area contributed by atoms with Gasteiger partial charge in [-0.1, -0.05) is 15.9 Å². The predicted molar refractivity (Wildman–Crippen MR) is 74.3 cm³/mol. The van der Waals surface area contributed by atoms with E-state index in [2.05, 4.69) is 20.9 Å². The number of ether oxygens (including phenoxy) is 1. The van der Waals surface area contributed by atoms with Gasteiger partial charge in [-0.15, -0.1) is 0 Å². The molecule has 2 aromatic rings. The number of halogens is 1. The summed E-state index contributed by atoms with van der Waals surface area (Å²) in [5, 5.41) is 10.9. The van der Waals surface area contributed by atoms with Crippen LogP contribution < -0.4 is 10.5 Å². The van der Waals surface area contributed by atoms with Crippen LogP contribution in [0.1, 0.15) is 5.56 Å². The van der Waals surface area contributed by atoms with Crippen LogP contribution in [0.25, 0.3) is 0 Å². The first-order valence-corrected chi connectivity index (χ1v) is 6.11. The fourth-order valence-electron chi connectivity index (χ4n) is 1.49. The normalized spacial score (nSPS) is 10.2. The van der Waals surface area contributed by atoms with Gasteiger partial charge in [0.15, 0.2) is 0 Å². The van der Waals surface area contributed by atoms with E-state index in [1.165, 1.54) is 12.1 Å². The Morgan fingerprint density at radius 1 is 1.37 bits per heavy atom.